The summed E-state index contributed by atoms with van der Waals surface area (Å²) in [5, 5.41) is 3.72. The third-order valence-electron chi connectivity index (χ3n) is 4.64. The predicted octanol–water partition coefficient (Wildman–Crippen LogP) is 4.39. The first-order valence-corrected chi connectivity index (χ1v) is 8.33. The van der Waals surface area contributed by atoms with E-state index < -0.39 is 0 Å². The van der Waals surface area contributed by atoms with Gasteiger partial charge in [-0.1, -0.05) is 53.4 Å². The molecule has 19 heavy (non-hydrogen) atoms. The van der Waals surface area contributed by atoms with Gasteiger partial charge >= 0.3 is 0 Å². The van der Waals surface area contributed by atoms with Crippen LogP contribution in [0.5, 0.6) is 0 Å². The van der Waals surface area contributed by atoms with E-state index in [1.165, 1.54) is 45.1 Å². The Kier molecular flexibility index (Phi) is 7.38. The number of hydrogen-bond acceptors (Lipinski definition) is 2. The topological polar surface area (TPSA) is 21.3 Å². The molecule has 0 radical (unpaired) electrons. The van der Waals surface area contributed by atoms with Crippen molar-refractivity contribution in [3.05, 3.63) is 0 Å². The van der Waals surface area contributed by atoms with Gasteiger partial charge in [-0.2, -0.15) is 0 Å². The third-order valence-corrected chi connectivity index (χ3v) is 4.64. The molecule has 0 amide bonds. The quantitative estimate of drug-likeness (QED) is 0.594. The van der Waals surface area contributed by atoms with Crippen LogP contribution < -0.4 is 5.32 Å². The minimum atomic E-state index is 0.313. The Morgan fingerprint density at radius 1 is 1.16 bits per heavy atom. The third kappa shape index (κ3) is 5.43. The Morgan fingerprint density at radius 2 is 1.84 bits per heavy atom. The SMILES string of the molecule is CCOC1CC(NCCCCCCC(C)C)C1(C)C. The van der Waals surface area contributed by atoms with Crippen LogP contribution in [-0.4, -0.2) is 25.3 Å². The summed E-state index contributed by atoms with van der Waals surface area (Å²) < 4.78 is 5.77. The summed E-state index contributed by atoms with van der Waals surface area (Å²) in [6.07, 6.45) is 8.54. The lowest BCUT2D eigenvalue weighted by Crippen LogP contribution is -2.61. The Morgan fingerprint density at radius 3 is 2.42 bits per heavy atom. The van der Waals surface area contributed by atoms with Gasteiger partial charge in [-0.3, -0.25) is 0 Å². The van der Waals surface area contributed by atoms with E-state index in [-0.39, 0.29) is 0 Å². The molecule has 1 aliphatic rings. The fourth-order valence-corrected chi connectivity index (χ4v) is 3.02. The fourth-order valence-electron chi connectivity index (χ4n) is 3.02. The molecule has 0 aromatic heterocycles. The zero-order chi connectivity index (χ0) is 14.3. The average Bonchev–Trinajstić information content (AvgIpc) is 2.34. The molecule has 2 heteroatoms. The van der Waals surface area contributed by atoms with Crippen LogP contribution in [0.1, 0.15) is 73.1 Å². The molecule has 0 bridgehead atoms. The minimum absolute atomic E-state index is 0.313. The van der Waals surface area contributed by atoms with Gasteiger partial charge in [-0.25, -0.2) is 0 Å². The number of hydrogen-bond donors (Lipinski definition) is 1. The van der Waals surface area contributed by atoms with Crippen molar-refractivity contribution < 1.29 is 4.74 Å². The van der Waals surface area contributed by atoms with Gasteiger partial charge in [-0.05, 0) is 32.2 Å². The highest BCUT2D eigenvalue weighted by Crippen LogP contribution is 2.42. The van der Waals surface area contributed by atoms with Gasteiger partial charge in [0.05, 0.1) is 6.10 Å². The molecule has 0 saturated heterocycles. The van der Waals surface area contributed by atoms with Crippen LogP contribution >= 0.6 is 0 Å². The van der Waals surface area contributed by atoms with Crippen molar-refractivity contribution in [2.24, 2.45) is 11.3 Å². The second-order valence-electron chi connectivity index (χ2n) is 7.10. The molecule has 0 aromatic rings. The lowest BCUT2D eigenvalue weighted by molar-refractivity contribution is -0.113. The van der Waals surface area contributed by atoms with Gasteiger partial charge in [0.2, 0.25) is 0 Å². The van der Waals surface area contributed by atoms with Crippen molar-refractivity contribution in [2.75, 3.05) is 13.2 Å². The molecule has 2 atom stereocenters. The monoisotopic (exact) mass is 269 g/mol. The van der Waals surface area contributed by atoms with Gasteiger partial charge in [0.25, 0.3) is 0 Å². The maximum atomic E-state index is 5.77. The summed E-state index contributed by atoms with van der Waals surface area (Å²) in [5.41, 5.74) is 0.313. The molecule has 0 aliphatic heterocycles. The molecule has 1 aliphatic carbocycles. The summed E-state index contributed by atoms with van der Waals surface area (Å²) in [6, 6.07) is 0.653. The van der Waals surface area contributed by atoms with Gasteiger partial charge in [-0.15, -0.1) is 0 Å². The Hall–Kier alpha value is -0.0800. The number of rotatable bonds is 10. The van der Waals surface area contributed by atoms with Crippen LogP contribution in [0.4, 0.5) is 0 Å². The molecule has 1 rings (SSSR count). The van der Waals surface area contributed by atoms with E-state index in [2.05, 4.69) is 39.9 Å². The van der Waals surface area contributed by atoms with E-state index >= 15 is 0 Å². The van der Waals surface area contributed by atoms with E-state index in [1.54, 1.807) is 0 Å². The molecule has 0 spiro atoms. The second-order valence-corrected chi connectivity index (χ2v) is 7.10. The largest absolute Gasteiger partial charge is 0.378 e. The van der Waals surface area contributed by atoms with Crippen molar-refractivity contribution >= 4 is 0 Å². The van der Waals surface area contributed by atoms with Crippen LogP contribution in [0.25, 0.3) is 0 Å². The number of ether oxygens (including phenoxy) is 1. The number of unbranched alkanes of at least 4 members (excludes halogenated alkanes) is 3. The zero-order valence-corrected chi connectivity index (χ0v) is 13.8. The van der Waals surface area contributed by atoms with Crippen LogP contribution in [0, 0.1) is 11.3 Å². The molecule has 0 aromatic carbocycles. The predicted molar refractivity (Wildman–Crippen MR) is 83.5 cm³/mol. The smallest absolute Gasteiger partial charge is 0.0655 e. The summed E-state index contributed by atoms with van der Waals surface area (Å²) in [5.74, 6) is 0.865. The lowest BCUT2D eigenvalue weighted by Gasteiger charge is -2.52. The second kappa shape index (κ2) is 8.26. The highest BCUT2D eigenvalue weighted by molar-refractivity contribution is 5.02. The van der Waals surface area contributed by atoms with Crippen molar-refractivity contribution in [1.82, 2.24) is 5.32 Å². The number of nitrogens with one attached hydrogen (secondary N) is 1. The molecule has 0 heterocycles. The summed E-state index contributed by atoms with van der Waals surface area (Å²) in [7, 11) is 0. The van der Waals surface area contributed by atoms with E-state index in [0.29, 0.717) is 17.6 Å². The maximum absolute atomic E-state index is 5.77. The van der Waals surface area contributed by atoms with Crippen LogP contribution in [0.15, 0.2) is 0 Å². The van der Waals surface area contributed by atoms with Crippen molar-refractivity contribution in [3.8, 4) is 0 Å². The van der Waals surface area contributed by atoms with Crippen LogP contribution in [-0.2, 0) is 4.74 Å². The maximum Gasteiger partial charge on any atom is 0.0655 e. The standard InChI is InChI=1S/C17H35NO/c1-6-19-16-13-15(17(16,4)5)18-12-10-8-7-9-11-14(2)3/h14-16,18H,6-13H2,1-5H3. The van der Waals surface area contributed by atoms with Gasteiger partial charge in [0.15, 0.2) is 0 Å². The first kappa shape index (κ1) is 17.0. The van der Waals surface area contributed by atoms with Crippen molar-refractivity contribution in [1.29, 1.82) is 0 Å². The highest BCUT2D eigenvalue weighted by Gasteiger charge is 2.48. The normalized spacial score (nSPS) is 25.6. The van der Waals surface area contributed by atoms with Gasteiger partial charge in [0.1, 0.15) is 0 Å². The summed E-state index contributed by atoms with van der Waals surface area (Å²) >= 11 is 0. The molecule has 1 N–H and O–H groups in total. The lowest BCUT2D eigenvalue weighted by atomic mass is 9.64. The molecular formula is C17H35NO. The van der Waals surface area contributed by atoms with E-state index in [4.69, 9.17) is 4.74 Å². The Bertz CT molecular complexity index is 237. The molecule has 1 saturated carbocycles. The molecule has 2 unspecified atom stereocenters. The van der Waals surface area contributed by atoms with Crippen LogP contribution in [0.2, 0.25) is 0 Å². The molecular weight excluding hydrogens is 234 g/mol. The van der Waals surface area contributed by atoms with E-state index in [0.717, 1.165) is 12.5 Å². The van der Waals surface area contributed by atoms with E-state index in [1.807, 2.05) is 0 Å². The minimum Gasteiger partial charge on any atom is -0.378 e. The summed E-state index contributed by atoms with van der Waals surface area (Å²) in [4.78, 5) is 0. The molecule has 2 nitrogen and oxygen atoms in total. The molecule has 1 fully saturated rings. The Labute approximate surface area is 120 Å². The van der Waals surface area contributed by atoms with Gasteiger partial charge < -0.3 is 10.1 Å². The summed E-state index contributed by atoms with van der Waals surface area (Å²) in [6.45, 7) is 13.4. The average molecular weight is 269 g/mol. The first-order chi connectivity index (χ1) is 8.98. The zero-order valence-electron chi connectivity index (χ0n) is 13.8. The van der Waals surface area contributed by atoms with Crippen LogP contribution in [0.3, 0.4) is 0 Å². The first-order valence-electron chi connectivity index (χ1n) is 8.33. The highest BCUT2D eigenvalue weighted by atomic mass is 16.5. The Balaban J connectivity index is 1.99. The van der Waals surface area contributed by atoms with E-state index in [9.17, 15) is 0 Å². The van der Waals surface area contributed by atoms with Gasteiger partial charge in [0, 0.05) is 18.1 Å². The van der Waals surface area contributed by atoms with Crippen molar-refractivity contribution in [2.45, 2.75) is 85.3 Å². The molecule has 114 valence electrons. The van der Waals surface area contributed by atoms with Crippen molar-refractivity contribution in [3.63, 3.8) is 0 Å². The fraction of sp³-hybridized carbons (Fsp3) is 1.00.